The monoisotopic (exact) mass is 972 g/mol. The van der Waals surface area contributed by atoms with Crippen LogP contribution < -0.4 is 0 Å². The standard InChI is InChI=1S/C53H81N5O11/c1-32-17-13-12-14-18-33(2)45(65-9)29-41-22-20-38(7)53(64,69-41)50(61)51(62)57-24-16-15-19-43(57)52(63)68-46(36(5)27-40-21-23-42(47(28-40)66-10)58-31-54-55-56-58)30-44(59)35(4)26-37(6)48(60)49(67-11)39(8)34(3)25-32/h12-14,17-18,26,31-32,34-36,38,40-43,45-49,60,64H,8,15-16,19-25,27-30H2,1-7,9-11H3/b14-12?,17-13+,33-18?,37-26+/t32-,34-,35-,36-,38-,40+,41+,42+,43+,45+,46+,47-,48-,49+,53-/m1/s1/i4D3,9D3,20D2. The van der Waals surface area contributed by atoms with Crippen molar-refractivity contribution < 1.29 is 64.0 Å². The summed E-state index contributed by atoms with van der Waals surface area (Å²) < 4.78 is 98.4. The maximum Gasteiger partial charge on any atom is 0.329 e. The number of tetrazole rings is 1. The number of esters is 1. The number of carbonyl (C=O) groups excluding carboxylic acids is 4. The van der Waals surface area contributed by atoms with Gasteiger partial charge in [0.05, 0.1) is 28.5 Å². The molecule has 2 saturated heterocycles. The highest BCUT2D eigenvalue weighted by Crippen LogP contribution is 2.39. The van der Waals surface area contributed by atoms with E-state index < -0.39 is 117 Å². The van der Waals surface area contributed by atoms with Crippen molar-refractivity contribution in [3.05, 3.63) is 66.1 Å². The quantitative estimate of drug-likeness (QED) is 0.160. The summed E-state index contributed by atoms with van der Waals surface area (Å²) in [6, 6.07) is -1.58. The molecular formula is C53H81N5O11. The Labute approximate surface area is 421 Å². The van der Waals surface area contributed by atoms with Crippen molar-refractivity contribution in [3.8, 4) is 0 Å². The number of allylic oxidation sites excluding steroid dienone is 6. The molecule has 5 rings (SSSR count). The Morgan fingerprint density at radius 3 is 2.48 bits per heavy atom. The predicted octanol–water partition coefficient (Wildman–Crippen LogP) is 7.03. The summed E-state index contributed by atoms with van der Waals surface area (Å²) in [5.74, 6) is -12.0. The van der Waals surface area contributed by atoms with Crippen LogP contribution in [0.5, 0.6) is 0 Å². The fourth-order valence-electron chi connectivity index (χ4n) is 10.2. The number of amides is 1. The summed E-state index contributed by atoms with van der Waals surface area (Å²) >= 11 is 0. The highest BCUT2D eigenvalue weighted by molar-refractivity contribution is 6.39. The molecule has 0 spiro atoms. The first-order chi connectivity index (χ1) is 35.9. The molecule has 69 heavy (non-hydrogen) atoms. The van der Waals surface area contributed by atoms with Crippen molar-refractivity contribution in [2.75, 3.05) is 27.8 Å². The summed E-state index contributed by atoms with van der Waals surface area (Å²) in [6.07, 6.45) is 4.84. The molecule has 0 aromatic carbocycles. The first kappa shape index (κ1) is 44.7. The number of ketones is 2. The molecule has 16 heteroatoms. The third kappa shape index (κ3) is 14.2. The number of carbonyl (C=O) groups is 4. The maximum absolute atomic E-state index is 14.7. The SMILES string of the molecule is [2H]C([2H])([2H])O[C@H]1C[C@@H]2CC([2H])([2H])[C@@H](C)[C@@](O)(O2)C(=O)C(=O)N2CCCC[C@H]2C(=O)O[C@H]([C@H](C)C[C@@H]2CC[C@H](n3cnnn3)[C@H](OC)C2)CC(=O)[C@H](C([2H])([2H])[2H])/C=C(\C)[C@@H](O)[C@@H](OC)C(=C)[C@H](C)C[C@H](C)/C=C/C=CC=C1C. The van der Waals surface area contributed by atoms with Gasteiger partial charge >= 0.3 is 5.97 Å². The molecule has 3 aliphatic heterocycles. The van der Waals surface area contributed by atoms with E-state index >= 15 is 0 Å². The van der Waals surface area contributed by atoms with Crippen LogP contribution in [0.2, 0.25) is 0 Å². The van der Waals surface area contributed by atoms with Crippen LogP contribution in [-0.2, 0) is 42.9 Å². The van der Waals surface area contributed by atoms with E-state index in [1.807, 2.05) is 19.9 Å². The Morgan fingerprint density at radius 2 is 1.78 bits per heavy atom. The minimum atomic E-state index is -3.08. The normalized spacial score (nSPS) is 40.3. The smallest absolute Gasteiger partial charge is 0.329 e. The average molecular weight is 972 g/mol. The van der Waals surface area contributed by atoms with E-state index in [0.29, 0.717) is 56.1 Å². The lowest BCUT2D eigenvalue weighted by Gasteiger charge is -2.42. The van der Waals surface area contributed by atoms with Gasteiger partial charge in [-0.05, 0) is 129 Å². The number of hydrogen-bond donors (Lipinski definition) is 2. The van der Waals surface area contributed by atoms with Crippen molar-refractivity contribution in [1.29, 1.82) is 0 Å². The third-order valence-corrected chi connectivity index (χ3v) is 14.7. The van der Waals surface area contributed by atoms with E-state index in [9.17, 15) is 29.4 Å². The first-order valence-corrected chi connectivity index (χ1v) is 24.4. The van der Waals surface area contributed by atoms with Crippen LogP contribution in [0.1, 0.15) is 142 Å². The first-order valence-electron chi connectivity index (χ1n) is 28.4. The van der Waals surface area contributed by atoms with E-state index in [1.54, 1.807) is 49.9 Å². The number of aliphatic hydroxyl groups excluding tert-OH is 1. The van der Waals surface area contributed by atoms with E-state index in [1.165, 1.54) is 33.4 Å². The Kier molecular flexibility index (Phi) is 16.7. The Morgan fingerprint density at radius 1 is 1.00 bits per heavy atom. The number of nitrogens with zero attached hydrogens (tertiary/aromatic N) is 5. The Bertz CT molecular complexity index is 2330. The number of aromatic nitrogens is 4. The second kappa shape index (κ2) is 25.8. The van der Waals surface area contributed by atoms with Crippen LogP contribution in [0.3, 0.4) is 0 Å². The molecule has 0 radical (unpaired) electrons. The predicted molar refractivity (Wildman–Crippen MR) is 260 cm³/mol. The molecule has 1 aliphatic carbocycles. The van der Waals surface area contributed by atoms with Crippen LogP contribution in [0.4, 0.5) is 0 Å². The van der Waals surface area contributed by atoms with Gasteiger partial charge in [-0.25, -0.2) is 9.48 Å². The van der Waals surface area contributed by atoms with E-state index in [4.69, 9.17) is 34.7 Å². The molecule has 0 unspecified atom stereocenters. The number of piperidine rings is 1. The largest absolute Gasteiger partial charge is 0.460 e. The van der Waals surface area contributed by atoms with E-state index in [2.05, 4.69) is 22.1 Å². The van der Waals surface area contributed by atoms with Crippen molar-refractivity contribution >= 4 is 23.4 Å². The van der Waals surface area contributed by atoms with E-state index in [0.717, 1.165) is 4.90 Å². The molecule has 1 aromatic rings. The zero-order valence-corrected chi connectivity index (χ0v) is 41.6. The van der Waals surface area contributed by atoms with Crippen LogP contribution in [0.15, 0.2) is 66.1 Å². The van der Waals surface area contributed by atoms with Crippen LogP contribution >= 0.6 is 0 Å². The summed E-state index contributed by atoms with van der Waals surface area (Å²) in [7, 11) is 0.0680. The second-order valence-electron chi connectivity index (χ2n) is 19.8. The van der Waals surface area contributed by atoms with Crippen molar-refractivity contribution in [2.45, 2.75) is 180 Å². The molecule has 15 atom stereocenters. The van der Waals surface area contributed by atoms with Gasteiger partial charge in [0, 0.05) is 59.3 Å². The number of cyclic esters (lactones) is 1. The molecule has 4 heterocycles. The zero-order chi connectivity index (χ0) is 57.4. The fraction of sp³-hybridized carbons (Fsp3) is 0.717. The van der Waals surface area contributed by atoms with Gasteiger partial charge in [0.2, 0.25) is 5.79 Å². The van der Waals surface area contributed by atoms with Crippen molar-refractivity contribution in [3.63, 3.8) is 0 Å². The van der Waals surface area contributed by atoms with Gasteiger partial charge in [0.1, 0.15) is 36.5 Å². The number of Topliss-reactive ketones (excluding diaryl/α,β-unsaturated/α-hetero) is 2. The number of methoxy groups -OCH3 is 3. The van der Waals surface area contributed by atoms with Crippen LogP contribution in [0.25, 0.3) is 0 Å². The highest BCUT2D eigenvalue weighted by Gasteiger charge is 2.53. The fourth-order valence-corrected chi connectivity index (χ4v) is 10.2. The molecule has 384 valence electrons. The molecule has 4 aliphatic rings. The Balaban J connectivity index is 1.57. The molecule has 1 amide bonds. The lowest BCUT2D eigenvalue weighted by molar-refractivity contribution is -0.265. The Hall–Kier alpha value is -4.19. The topological polar surface area (TPSA) is 202 Å². The summed E-state index contributed by atoms with van der Waals surface area (Å²) in [6.45, 7) is 11.2. The average Bonchev–Trinajstić information content (AvgIpc) is 3.90. The number of aliphatic hydroxyl groups is 2. The van der Waals surface area contributed by atoms with Crippen molar-refractivity contribution in [1.82, 2.24) is 25.1 Å². The van der Waals surface area contributed by atoms with Crippen LogP contribution in [0, 0.1) is 35.5 Å². The molecule has 2 bridgehead atoms. The molecule has 3 fully saturated rings. The molecule has 16 nitrogen and oxygen atoms in total. The summed E-state index contributed by atoms with van der Waals surface area (Å²) in [5, 5.41) is 35.5. The summed E-state index contributed by atoms with van der Waals surface area (Å²) in [4.78, 5) is 59.3. The number of hydrogen-bond acceptors (Lipinski definition) is 14. The van der Waals surface area contributed by atoms with Gasteiger partial charge < -0.3 is 38.8 Å². The van der Waals surface area contributed by atoms with Crippen molar-refractivity contribution in [2.24, 2.45) is 35.5 Å². The highest BCUT2D eigenvalue weighted by atomic mass is 16.6. The molecular weight excluding hydrogens is 883 g/mol. The lowest BCUT2D eigenvalue weighted by Crippen LogP contribution is -2.61. The molecule has 1 saturated carbocycles. The minimum Gasteiger partial charge on any atom is -0.460 e. The third-order valence-electron chi connectivity index (χ3n) is 14.7. The maximum atomic E-state index is 14.7. The van der Waals surface area contributed by atoms with Gasteiger partial charge in [-0.1, -0.05) is 77.6 Å². The molecule has 2 N–H and O–H groups in total. The molecule has 1 aromatic heterocycles. The zero-order valence-electron chi connectivity index (χ0n) is 49.6. The van der Waals surface area contributed by atoms with E-state index in [-0.39, 0.29) is 54.9 Å². The second-order valence-corrected chi connectivity index (χ2v) is 19.8. The number of rotatable bonds is 7. The van der Waals surface area contributed by atoms with Crippen LogP contribution in [-0.4, -0.2) is 135 Å². The van der Waals surface area contributed by atoms with Gasteiger partial charge in [-0.3, -0.25) is 14.4 Å². The number of ether oxygens (including phenoxy) is 5. The lowest BCUT2D eigenvalue weighted by atomic mass is 9.77. The summed E-state index contributed by atoms with van der Waals surface area (Å²) in [5.41, 5.74) is 1.07. The van der Waals surface area contributed by atoms with Gasteiger partial charge in [-0.15, -0.1) is 5.10 Å². The van der Waals surface area contributed by atoms with Gasteiger partial charge in [0.25, 0.3) is 11.7 Å². The van der Waals surface area contributed by atoms with Gasteiger partial charge in [0.15, 0.2) is 0 Å². The number of fused-ring (bicyclic) bond motifs is 3. The minimum absolute atomic E-state index is 0.00701. The van der Waals surface area contributed by atoms with Gasteiger partial charge in [-0.2, -0.15) is 0 Å².